The second-order valence-corrected chi connectivity index (χ2v) is 6.01. The van der Waals surface area contributed by atoms with Crippen LogP contribution in [0.3, 0.4) is 0 Å². The Kier molecular flexibility index (Phi) is 6.33. The van der Waals surface area contributed by atoms with Crippen molar-refractivity contribution in [3.05, 3.63) is 51.5 Å². The summed E-state index contributed by atoms with van der Waals surface area (Å²) < 4.78 is 17.2. The molecule has 0 unspecified atom stereocenters. The standard InChI is InChI=1S/C17H18Cl2N2O4/c1-10-16(25-8-11-7-12(18)5-6-14(11)19)15(21(2)20-10)13(9-23-3)17(22)24-4/h5-7,9H,8H2,1-4H3/b13-9-. The summed E-state index contributed by atoms with van der Waals surface area (Å²) in [5.41, 5.74) is 1.98. The molecule has 0 fully saturated rings. The van der Waals surface area contributed by atoms with Crippen LogP contribution in [-0.4, -0.2) is 30.0 Å². The number of rotatable bonds is 6. The van der Waals surface area contributed by atoms with Gasteiger partial charge < -0.3 is 14.2 Å². The zero-order chi connectivity index (χ0) is 18.6. The fourth-order valence-electron chi connectivity index (χ4n) is 2.34. The summed E-state index contributed by atoms with van der Waals surface area (Å²) in [6, 6.07) is 5.12. The first kappa shape index (κ1) is 19.1. The van der Waals surface area contributed by atoms with Crippen LogP contribution in [0.1, 0.15) is 17.0 Å². The minimum Gasteiger partial charge on any atom is -0.503 e. The molecule has 1 heterocycles. The van der Waals surface area contributed by atoms with Gasteiger partial charge in [-0.25, -0.2) is 4.79 Å². The van der Waals surface area contributed by atoms with Crippen LogP contribution in [0.25, 0.3) is 5.57 Å². The smallest absolute Gasteiger partial charge is 0.343 e. The molecule has 0 aliphatic heterocycles. The number of esters is 1. The molecule has 0 spiro atoms. The molecule has 2 rings (SSSR count). The first-order valence-corrected chi connectivity index (χ1v) is 8.06. The molecule has 2 aromatic rings. The molecule has 0 aliphatic carbocycles. The normalized spacial score (nSPS) is 11.4. The Morgan fingerprint density at radius 3 is 2.68 bits per heavy atom. The Labute approximate surface area is 155 Å². The number of carbonyl (C=O) groups is 1. The number of aromatic nitrogens is 2. The lowest BCUT2D eigenvalue weighted by molar-refractivity contribution is -0.133. The van der Waals surface area contributed by atoms with Gasteiger partial charge in [0.2, 0.25) is 0 Å². The average molecular weight is 385 g/mol. The number of halogens is 2. The quantitative estimate of drug-likeness (QED) is 0.430. The van der Waals surface area contributed by atoms with Crippen LogP contribution in [0, 0.1) is 6.92 Å². The first-order valence-electron chi connectivity index (χ1n) is 7.31. The number of hydrogen-bond donors (Lipinski definition) is 0. The van der Waals surface area contributed by atoms with E-state index in [-0.39, 0.29) is 12.2 Å². The summed E-state index contributed by atoms with van der Waals surface area (Å²) in [6.45, 7) is 1.94. The Morgan fingerprint density at radius 2 is 2.04 bits per heavy atom. The van der Waals surface area contributed by atoms with Gasteiger partial charge in [0.25, 0.3) is 0 Å². The molecule has 0 radical (unpaired) electrons. The number of nitrogens with zero attached hydrogens (tertiary/aromatic N) is 2. The van der Waals surface area contributed by atoms with Gasteiger partial charge >= 0.3 is 5.97 Å². The van der Waals surface area contributed by atoms with E-state index in [1.54, 1.807) is 32.2 Å². The van der Waals surface area contributed by atoms with Crippen molar-refractivity contribution in [2.45, 2.75) is 13.5 Å². The lowest BCUT2D eigenvalue weighted by atomic mass is 10.1. The molecule has 0 saturated heterocycles. The molecule has 0 atom stereocenters. The van der Waals surface area contributed by atoms with Gasteiger partial charge in [0.05, 0.1) is 20.5 Å². The summed E-state index contributed by atoms with van der Waals surface area (Å²) in [5, 5.41) is 5.40. The van der Waals surface area contributed by atoms with Crippen molar-refractivity contribution in [2.24, 2.45) is 7.05 Å². The van der Waals surface area contributed by atoms with E-state index in [0.717, 1.165) is 5.56 Å². The molecule has 1 aromatic carbocycles. The second-order valence-electron chi connectivity index (χ2n) is 5.17. The van der Waals surface area contributed by atoms with Crippen LogP contribution in [-0.2, 0) is 27.9 Å². The maximum atomic E-state index is 12.1. The van der Waals surface area contributed by atoms with Gasteiger partial charge in [-0.15, -0.1) is 0 Å². The van der Waals surface area contributed by atoms with Crippen molar-refractivity contribution in [3.63, 3.8) is 0 Å². The van der Waals surface area contributed by atoms with Crippen LogP contribution in [0.15, 0.2) is 24.5 Å². The van der Waals surface area contributed by atoms with E-state index < -0.39 is 5.97 Å². The van der Waals surface area contributed by atoms with Crippen LogP contribution in [0.4, 0.5) is 0 Å². The van der Waals surface area contributed by atoms with E-state index in [9.17, 15) is 4.79 Å². The maximum absolute atomic E-state index is 12.1. The van der Waals surface area contributed by atoms with Gasteiger partial charge in [-0.1, -0.05) is 23.2 Å². The minimum absolute atomic E-state index is 0.167. The summed E-state index contributed by atoms with van der Waals surface area (Å²) >= 11 is 12.2. The van der Waals surface area contributed by atoms with E-state index in [1.807, 2.05) is 0 Å². The highest BCUT2D eigenvalue weighted by Gasteiger charge is 2.25. The average Bonchev–Trinajstić information content (AvgIpc) is 2.86. The van der Waals surface area contributed by atoms with Gasteiger partial charge in [0, 0.05) is 22.7 Å². The number of carbonyl (C=O) groups excluding carboxylic acids is 1. The molecule has 1 aromatic heterocycles. The van der Waals surface area contributed by atoms with Crippen molar-refractivity contribution < 1.29 is 19.0 Å². The molecule has 6 nitrogen and oxygen atoms in total. The predicted molar refractivity (Wildman–Crippen MR) is 95.7 cm³/mol. The molecule has 25 heavy (non-hydrogen) atoms. The summed E-state index contributed by atoms with van der Waals surface area (Å²) in [6.07, 6.45) is 1.29. The summed E-state index contributed by atoms with van der Waals surface area (Å²) in [7, 11) is 4.44. The SMILES string of the molecule is CO/C=C(\C(=O)OC)c1c(OCc2cc(Cl)ccc2Cl)c(C)nn1C. The van der Waals surface area contributed by atoms with Gasteiger partial charge in [0.15, 0.2) is 5.75 Å². The largest absolute Gasteiger partial charge is 0.503 e. The molecular formula is C17H18Cl2N2O4. The number of benzene rings is 1. The third-order valence-corrected chi connectivity index (χ3v) is 4.05. The molecule has 0 amide bonds. The van der Waals surface area contributed by atoms with E-state index >= 15 is 0 Å². The van der Waals surface area contributed by atoms with Crippen molar-refractivity contribution in [1.82, 2.24) is 9.78 Å². The Bertz CT molecular complexity index is 815. The van der Waals surface area contributed by atoms with Crippen LogP contribution >= 0.6 is 23.2 Å². The van der Waals surface area contributed by atoms with E-state index in [0.29, 0.717) is 27.2 Å². The zero-order valence-electron chi connectivity index (χ0n) is 14.3. The fraction of sp³-hybridized carbons (Fsp3) is 0.294. The van der Waals surface area contributed by atoms with Gasteiger partial charge in [0.1, 0.15) is 23.6 Å². The fourth-order valence-corrected chi connectivity index (χ4v) is 2.71. The van der Waals surface area contributed by atoms with Crippen LogP contribution < -0.4 is 4.74 Å². The third kappa shape index (κ3) is 4.27. The van der Waals surface area contributed by atoms with E-state index in [2.05, 4.69) is 5.10 Å². The molecule has 0 N–H and O–H groups in total. The number of methoxy groups -OCH3 is 2. The van der Waals surface area contributed by atoms with Gasteiger partial charge in [-0.05, 0) is 25.1 Å². The molecule has 134 valence electrons. The Balaban J connectivity index is 2.40. The first-order chi connectivity index (χ1) is 11.9. The second kappa shape index (κ2) is 8.27. The minimum atomic E-state index is -0.560. The van der Waals surface area contributed by atoms with Gasteiger partial charge in [-0.2, -0.15) is 5.10 Å². The Hall–Kier alpha value is -2.18. The monoisotopic (exact) mass is 384 g/mol. The highest BCUT2D eigenvalue weighted by atomic mass is 35.5. The van der Waals surface area contributed by atoms with E-state index in [1.165, 1.54) is 25.2 Å². The third-order valence-electron chi connectivity index (χ3n) is 3.44. The van der Waals surface area contributed by atoms with Crippen molar-refractivity contribution >= 4 is 34.7 Å². The topological polar surface area (TPSA) is 62.6 Å². The lowest BCUT2D eigenvalue weighted by Gasteiger charge is -2.12. The lowest BCUT2D eigenvalue weighted by Crippen LogP contribution is -2.10. The van der Waals surface area contributed by atoms with E-state index in [4.69, 9.17) is 37.4 Å². The molecule has 0 bridgehead atoms. The zero-order valence-corrected chi connectivity index (χ0v) is 15.8. The molecule has 0 saturated carbocycles. The molecular weight excluding hydrogens is 367 g/mol. The maximum Gasteiger partial charge on any atom is 0.343 e. The van der Waals surface area contributed by atoms with Crippen molar-refractivity contribution in [2.75, 3.05) is 14.2 Å². The number of hydrogen-bond acceptors (Lipinski definition) is 5. The predicted octanol–water partition coefficient (Wildman–Crippen LogP) is 3.77. The van der Waals surface area contributed by atoms with Crippen molar-refractivity contribution in [1.29, 1.82) is 0 Å². The summed E-state index contributed by atoms with van der Waals surface area (Å²) in [4.78, 5) is 12.1. The Morgan fingerprint density at radius 1 is 1.32 bits per heavy atom. The number of aryl methyl sites for hydroxylation is 2. The summed E-state index contributed by atoms with van der Waals surface area (Å²) in [5.74, 6) is -0.122. The van der Waals surface area contributed by atoms with Gasteiger partial charge in [-0.3, -0.25) is 4.68 Å². The highest BCUT2D eigenvalue weighted by molar-refractivity contribution is 6.33. The van der Waals surface area contributed by atoms with Crippen LogP contribution in [0.5, 0.6) is 5.75 Å². The molecule has 8 heteroatoms. The highest BCUT2D eigenvalue weighted by Crippen LogP contribution is 2.31. The van der Waals surface area contributed by atoms with Crippen LogP contribution in [0.2, 0.25) is 10.0 Å². The molecule has 0 aliphatic rings. The number of ether oxygens (including phenoxy) is 3. The van der Waals surface area contributed by atoms with Crippen molar-refractivity contribution in [3.8, 4) is 5.75 Å².